The Bertz CT molecular complexity index is 362. The van der Waals surface area contributed by atoms with E-state index in [2.05, 4.69) is 26.1 Å². The Morgan fingerprint density at radius 1 is 1.41 bits per heavy atom. The minimum Gasteiger partial charge on any atom is -0.315 e. The number of alkyl halides is 1. The van der Waals surface area contributed by atoms with Gasteiger partial charge < -0.3 is 16.8 Å². The molecule has 4 atom stereocenters. The van der Waals surface area contributed by atoms with E-state index >= 15 is 0 Å². The van der Waals surface area contributed by atoms with Gasteiger partial charge in [-0.15, -0.1) is 11.6 Å². The lowest BCUT2D eigenvalue weighted by atomic mass is 9.66. The van der Waals surface area contributed by atoms with E-state index in [0.29, 0.717) is 12.5 Å². The predicted octanol–water partition coefficient (Wildman–Crippen LogP) is 2.63. The molecular formula is C17H34ClN3O. The molecule has 0 aromatic heterocycles. The molecule has 0 aromatic carbocycles. The summed E-state index contributed by atoms with van der Waals surface area (Å²) < 4.78 is 0. The minimum atomic E-state index is -0.633. The number of carbonyl (C=O) groups excluding carboxylic acids is 1. The number of Topliss-reactive ketones (excluding diaryl/α,β-unsaturated/α-hetero) is 1. The van der Waals surface area contributed by atoms with Crippen molar-refractivity contribution in [2.24, 2.45) is 28.7 Å². The van der Waals surface area contributed by atoms with Gasteiger partial charge in [0.2, 0.25) is 0 Å². The van der Waals surface area contributed by atoms with Crippen molar-refractivity contribution in [2.45, 2.75) is 77.4 Å². The standard InChI is InChI=1S/C17H34ClN3O/c1-5-17(11(2)3)8-6-7-13(18)10-21-14(9-17)15(12(4)22)16(19)20/h11,13-16,21H,5-10,19-20H2,1-4H3. The molecule has 1 rings (SSSR count). The van der Waals surface area contributed by atoms with Gasteiger partial charge in [0.05, 0.1) is 12.1 Å². The van der Waals surface area contributed by atoms with Gasteiger partial charge in [-0.1, -0.05) is 33.6 Å². The number of ketones is 1. The van der Waals surface area contributed by atoms with Gasteiger partial charge in [0.25, 0.3) is 0 Å². The molecule has 1 fully saturated rings. The van der Waals surface area contributed by atoms with Crippen LogP contribution in [0.5, 0.6) is 0 Å². The van der Waals surface area contributed by atoms with E-state index < -0.39 is 6.17 Å². The summed E-state index contributed by atoms with van der Waals surface area (Å²) in [4.78, 5) is 12.1. The molecular weight excluding hydrogens is 298 g/mol. The first kappa shape index (κ1) is 19.9. The maximum atomic E-state index is 12.1. The fourth-order valence-corrected chi connectivity index (χ4v) is 4.24. The predicted molar refractivity (Wildman–Crippen MR) is 93.8 cm³/mol. The SMILES string of the molecule is CCC1(C(C)C)CCCC(Cl)CNC(C(C(C)=O)C(N)N)C1. The van der Waals surface area contributed by atoms with Crippen molar-refractivity contribution in [2.75, 3.05) is 6.54 Å². The van der Waals surface area contributed by atoms with E-state index in [9.17, 15) is 4.79 Å². The van der Waals surface area contributed by atoms with Gasteiger partial charge in [0, 0.05) is 18.0 Å². The van der Waals surface area contributed by atoms with Crippen LogP contribution in [0.15, 0.2) is 0 Å². The second-order valence-corrected chi connectivity index (χ2v) is 7.91. The van der Waals surface area contributed by atoms with Crippen molar-refractivity contribution in [3.8, 4) is 0 Å². The summed E-state index contributed by atoms with van der Waals surface area (Å²) in [6.45, 7) is 9.11. The summed E-state index contributed by atoms with van der Waals surface area (Å²) in [5.41, 5.74) is 12.1. The van der Waals surface area contributed by atoms with Crippen LogP contribution in [-0.4, -0.2) is 29.9 Å². The summed E-state index contributed by atoms with van der Waals surface area (Å²) in [6, 6.07) is -0.000741. The van der Waals surface area contributed by atoms with E-state index in [0.717, 1.165) is 32.1 Å². The average molecular weight is 332 g/mol. The summed E-state index contributed by atoms with van der Waals surface area (Å²) in [5.74, 6) is 0.258. The van der Waals surface area contributed by atoms with E-state index in [1.54, 1.807) is 6.92 Å². The van der Waals surface area contributed by atoms with Gasteiger partial charge in [-0.05, 0) is 37.5 Å². The highest BCUT2D eigenvalue weighted by molar-refractivity contribution is 6.20. The Kier molecular flexibility index (Phi) is 7.80. The Labute approximate surface area is 140 Å². The summed E-state index contributed by atoms with van der Waals surface area (Å²) in [5, 5.41) is 3.61. The molecule has 0 aliphatic carbocycles. The quantitative estimate of drug-likeness (QED) is 0.534. The number of hydrogen-bond acceptors (Lipinski definition) is 4. The smallest absolute Gasteiger partial charge is 0.137 e. The third kappa shape index (κ3) is 4.92. The average Bonchev–Trinajstić information content (AvgIpc) is 2.49. The third-order valence-corrected chi connectivity index (χ3v) is 6.04. The van der Waals surface area contributed by atoms with E-state index in [1.165, 1.54) is 0 Å². The molecule has 22 heavy (non-hydrogen) atoms. The van der Waals surface area contributed by atoms with Crippen LogP contribution in [0, 0.1) is 17.3 Å². The van der Waals surface area contributed by atoms with E-state index in [1.807, 2.05) is 0 Å². The zero-order valence-corrected chi connectivity index (χ0v) is 15.3. The van der Waals surface area contributed by atoms with Gasteiger partial charge >= 0.3 is 0 Å². The highest BCUT2D eigenvalue weighted by atomic mass is 35.5. The van der Waals surface area contributed by atoms with Crippen LogP contribution in [0.1, 0.15) is 59.8 Å². The van der Waals surface area contributed by atoms with Crippen LogP contribution in [0.2, 0.25) is 0 Å². The lowest BCUT2D eigenvalue weighted by Crippen LogP contribution is -2.55. The van der Waals surface area contributed by atoms with Crippen molar-refractivity contribution >= 4 is 17.4 Å². The minimum absolute atomic E-state index is 0.000741. The van der Waals surface area contributed by atoms with Crippen LogP contribution in [0.4, 0.5) is 0 Å². The van der Waals surface area contributed by atoms with Gasteiger partial charge in [0.15, 0.2) is 0 Å². The molecule has 130 valence electrons. The Morgan fingerprint density at radius 2 is 2.05 bits per heavy atom. The summed E-state index contributed by atoms with van der Waals surface area (Å²) >= 11 is 6.40. The number of hydrogen-bond donors (Lipinski definition) is 3. The molecule has 5 heteroatoms. The maximum Gasteiger partial charge on any atom is 0.137 e. The summed E-state index contributed by atoms with van der Waals surface area (Å²) in [7, 11) is 0. The fourth-order valence-electron chi connectivity index (χ4n) is 4.00. The van der Waals surface area contributed by atoms with Crippen molar-refractivity contribution in [1.29, 1.82) is 0 Å². The van der Waals surface area contributed by atoms with Crippen LogP contribution >= 0.6 is 11.6 Å². The van der Waals surface area contributed by atoms with Gasteiger partial charge in [-0.3, -0.25) is 4.79 Å². The Hall–Kier alpha value is -0.160. The molecule has 0 radical (unpaired) electrons. The van der Waals surface area contributed by atoms with Gasteiger partial charge in [0.1, 0.15) is 5.78 Å². The second-order valence-electron chi connectivity index (χ2n) is 7.29. The number of nitrogens with one attached hydrogen (secondary N) is 1. The third-order valence-electron chi connectivity index (χ3n) is 5.67. The number of nitrogens with two attached hydrogens (primary N) is 2. The monoisotopic (exact) mass is 331 g/mol. The first-order valence-electron chi connectivity index (χ1n) is 8.62. The molecule has 0 spiro atoms. The lowest BCUT2D eigenvalue weighted by molar-refractivity contribution is -0.122. The van der Waals surface area contributed by atoms with E-state index in [4.69, 9.17) is 23.1 Å². The number of halogens is 1. The topological polar surface area (TPSA) is 81.1 Å². The van der Waals surface area contributed by atoms with E-state index in [-0.39, 0.29) is 28.5 Å². The molecule has 1 aliphatic rings. The van der Waals surface area contributed by atoms with Crippen molar-refractivity contribution in [3.05, 3.63) is 0 Å². The number of rotatable bonds is 5. The second kappa shape index (κ2) is 8.62. The Morgan fingerprint density at radius 3 is 2.50 bits per heavy atom. The lowest BCUT2D eigenvalue weighted by Gasteiger charge is -2.42. The zero-order chi connectivity index (χ0) is 16.9. The Balaban J connectivity index is 3.11. The van der Waals surface area contributed by atoms with Crippen LogP contribution in [0.3, 0.4) is 0 Å². The number of carbonyl (C=O) groups is 1. The van der Waals surface area contributed by atoms with Crippen molar-refractivity contribution in [3.63, 3.8) is 0 Å². The van der Waals surface area contributed by atoms with Gasteiger partial charge in [-0.2, -0.15) is 0 Å². The molecule has 1 saturated heterocycles. The largest absolute Gasteiger partial charge is 0.315 e. The molecule has 1 heterocycles. The molecule has 4 unspecified atom stereocenters. The molecule has 0 aromatic rings. The molecule has 1 aliphatic heterocycles. The maximum absolute atomic E-state index is 12.1. The van der Waals surface area contributed by atoms with Crippen LogP contribution < -0.4 is 16.8 Å². The summed E-state index contributed by atoms with van der Waals surface area (Å²) in [6.07, 6.45) is 4.68. The van der Waals surface area contributed by atoms with Crippen molar-refractivity contribution in [1.82, 2.24) is 5.32 Å². The fraction of sp³-hybridized carbons (Fsp3) is 0.941. The first-order valence-corrected chi connectivity index (χ1v) is 9.06. The molecule has 0 amide bonds. The molecule has 0 bridgehead atoms. The zero-order valence-electron chi connectivity index (χ0n) is 14.6. The van der Waals surface area contributed by atoms with Crippen LogP contribution in [0.25, 0.3) is 0 Å². The normalized spacial score (nSPS) is 32.4. The van der Waals surface area contributed by atoms with Crippen molar-refractivity contribution < 1.29 is 4.79 Å². The highest BCUT2D eigenvalue weighted by Gasteiger charge is 2.40. The molecule has 5 N–H and O–H groups in total. The molecule has 4 nitrogen and oxygen atoms in total. The first-order chi connectivity index (χ1) is 10.2. The van der Waals surface area contributed by atoms with Crippen LogP contribution in [-0.2, 0) is 4.79 Å². The molecule has 0 saturated carbocycles. The van der Waals surface area contributed by atoms with Gasteiger partial charge in [-0.25, -0.2) is 0 Å². The highest BCUT2D eigenvalue weighted by Crippen LogP contribution is 2.43.